The third-order valence-corrected chi connectivity index (χ3v) is 5.13. The van der Waals surface area contributed by atoms with Crippen molar-refractivity contribution in [2.45, 2.75) is 18.9 Å². The quantitative estimate of drug-likeness (QED) is 0.910. The lowest BCUT2D eigenvalue weighted by molar-refractivity contribution is 0.0775. The second kappa shape index (κ2) is 6.28. The lowest BCUT2D eigenvalue weighted by Crippen LogP contribution is -2.33. The van der Waals surface area contributed by atoms with Crippen LogP contribution >= 0.6 is 0 Å². The average Bonchev–Trinajstić information content (AvgIpc) is 3.14. The molecule has 0 radical (unpaired) electrons. The SMILES string of the molecule is COc1ccc(C(=O)N2CC3CCC(N)C3C2)c(OC)c1OC. The highest BCUT2D eigenvalue weighted by atomic mass is 16.5. The maximum absolute atomic E-state index is 12.9. The zero-order chi connectivity index (χ0) is 16.6. The molecule has 1 aromatic carbocycles. The third-order valence-electron chi connectivity index (χ3n) is 5.13. The van der Waals surface area contributed by atoms with Crippen LogP contribution in [0.15, 0.2) is 12.1 Å². The summed E-state index contributed by atoms with van der Waals surface area (Å²) >= 11 is 0. The summed E-state index contributed by atoms with van der Waals surface area (Å²) in [4.78, 5) is 14.8. The standard InChI is InChI=1S/C17H24N2O4/c1-21-14-7-5-11(15(22-2)16(14)23-3)17(20)19-8-10-4-6-13(18)12(10)9-19/h5,7,10,12-13H,4,6,8-9,18H2,1-3H3. The smallest absolute Gasteiger partial charge is 0.257 e. The first-order chi connectivity index (χ1) is 11.1. The number of hydrogen-bond acceptors (Lipinski definition) is 5. The molecule has 3 atom stereocenters. The molecule has 1 saturated heterocycles. The number of hydrogen-bond donors (Lipinski definition) is 1. The first-order valence-corrected chi connectivity index (χ1v) is 7.94. The molecule has 1 saturated carbocycles. The van der Waals surface area contributed by atoms with Crippen molar-refractivity contribution in [1.82, 2.24) is 4.90 Å². The number of carbonyl (C=O) groups excluding carboxylic acids is 1. The number of fused-ring (bicyclic) bond motifs is 1. The minimum absolute atomic E-state index is 0.0376. The van der Waals surface area contributed by atoms with Crippen molar-refractivity contribution in [3.63, 3.8) is 0 Å². The molecular weight excluding hydrogens is 296 g/mol. The highest BCUT2D eigenvalue weighted by Crippen LogP contribution is 2.42. The third kappa shape index (κ3) is 2.61. The number of methoxy groups -OCH3 is 3. The number of rotatable bonds is 4. The second-order valence-corrected chi connectivity index (χ2v) is 6.26. The van der Waals surface area contributed by atoms with E-state index in [1.54, 1.807) is 19.2 Å². The summed E-state index contributed by atoms with van der Waals surface area (Å²) in [6, 6.07) is 3.68. The van der Waals surface area contributed by atoms with Crippen LogP contribution in [0.1, 0.15) is 23.2 Å². The number of benzene rings is 1. The van der Waals surface area contributed by atoms with Crippen LogP contribution in [0.4, 0.5) is 0 Å². The van der Waals surface area contributed by atoms with Crippen LogP contribution in [0.3, 0.4) is 0 Å². The van der Waals surface area contributed by atoms with Crippen LogP contribution in [0.25, 0.3) is 0 Å². The number of nitrogens with two attached hydrogens (primary N) is 1. The molecule has 3 rings (SSSR count). The first-order valence-electron chi connectivity index (χ1n) is 7.94. The van der Waals surface area contributed by atoms with Crippen LogP contribution in [0, 0.1) is 11.8 Å². The summed E-state index contributed by atoms with van der Waals surface area (Å²) < 4.78 is 16.1. The van der Waals surface area contributed by atoms with E-state index in [1.807, 2.05) is 4.90 Å². The van der Waals surface area contributed by atoms with Crippen molar-refractivity contribution in [1.29, 1.82) is 0 Å². The highest BCUT2D eigenvalue weighted by molar-refractivity contribution is 5.98. The normalized spacial score (nSPS) is 26.1. The van der Waals surface area contributed by atoms with Crippen molar-refractivity contribution in [3.05, 3.63) is 17.7 Å². The molecule has 126 valence electrons. The van der Waals surface area contributed by atoms with Crippen LogP contribution in [0.5, 0.6) is 17.2 Å². The Bertz CT molecular complexity index is 605. The molecule has 2 aliphatic rings. The van der Waals surface area contributed by atoms with Gasteiger partial charge in [-0.2, -0.15) is 0 Å². The Morgan fingerprint density at radius 2 is 1.83 bits per heavy atom. The molecule has 3 unspecified atom stereocenters. The van der Waals surface area contributed by atoms with Gasteiger partial charge in [0.05, 0.1) is 26.9 Å². The van der Waals surface area contributed by atoms with Gasteiger partial charge in [0, 0.05) is 19.1 Å². The Morgan fingerprint density at radius 3 is 2.43 bits per heavy atom. The Balaban J connectivity index is 1.88. The molecule has 1 aliphatic carbocycles. The molecule has 2 N–H and O–H groups in total. The molecule has 1 heterocycles. The molecule has 1 aromatic rings. The monoisotopic (exact) mass is 320 g/mol. The summed E-state index contributed by atoms with van der Waals surface area (Å²) in [7, 11) is 4.62. The summed E-state index contributed by atoms with van der Waals surface area (Å²) in [5.41, 5.74) is 6.66. The minimum Gasteiger partial charge on any atom is -0.493 e. The average molecular weight is 320 g/mol. The number of carbonyl (C=O) groups is 1. The largest absolute Gasteiger partial charge is 0.493 e. The van der Waals surface area contributed by atoms with Crippen molar-refractivity contribution < 1.29 is 19.0 Å². The molecule has 0 bridgehead atoms. The number of amides is 1. The molecule has 1 aliphatic heterocycles. The maximum atomic E-state index is 12.9. The van der Waals surface area contributed by atoms with E-state index < -0.39 is 0 Å². The van der Waals surface area contributed by atoms with Gasteiger partial charge in [0.15, 0.2) is 11.5 Å². The molecule has 0 aromatic heterocycles. The van der Waals surface area contributed by atoms with Gasteiger partial charge in [0.25, 0.3) is 5.91 Å². The van der Waals surface area contributed by atoms with Gasteiger partial charge in [-0.15, -0.1) is 0 Å². The van der Waals surface area contributed by atoms with Crippen molar-refractivity contribution in [3.8, 4) is 17.2 Å². The van der Waals surface area contributed by atoms with Gasteiger partial charge in [0.1, 0.15) is 0 Å². The van der Waals surface area contributed by atoms with E-state index in [0.717, 1.165) is 25.9 Å². The molecular formula is C17H24N2O4. The van der Waals surface area contributed by atoms with E-state index in [9.17, 15) is 4.79 Å². The minimum atomic E-state index is -0.0376. The van der Waals surface area contributed by atoms with E-state index in [2.05, 4.69) is 0 Å². The Morgan fingerprint density at radius 1 is 1.09 bits per heavy atom. The topological polar surface area (TPSA) is 74.0 Å². The van der Waals surface area contributed by atoms with Gasteiger partial charge < -0.3 is 24.8 Å². The van der Waals surface area contributed by atoms with Crippen molar-refractivity contribution >= 4 is 5.91 Å². The van der Waals surface area contributed by atoms with E-state index in [0.29, 0.717) is 34.6 Å². The zero-order valence-corrected chi connectivity index (χ0v) is 13.9. The van der Waals surface area contributed by atoms with E-state index in [1.165, 1.54) is 14.2 Å². The lowest BCUT2D eigenvalue weighted by atomic mass is 9.98. The fourth-order valence-electron chi connectivity index (χ4n) is 3.91. The van der Waals surface area contributed by atoms with Crippen LogP contribution in [-0.4, -0.2) is 51.3 Å². The van der Waals surface area contributed by atoms with Crippen molar-refractivity contribution in [2.75, 3.05) is 34.4 Å². The van der Waals surface area contributed by atoms with Crippen molar-refractivity contribution in [2.24, 2.45) is 17.6 Å². The van der Waals surface area contributed by atoms with Gasteiger partial charge in [-0.05, 0) is 36.8 Å². The summed E-state index contributed by atoms with van der Waals surface area (Å²) in [6.07, 6.45) is 2.18. The van der Waals surface area contributed by atoms with E-state index >= 15 is 0 Å². The summed E-state index contributed by atoms with van der Waals surface area (Å²) in [5.74, 6) is 2.31. The number of nitrogens with zero attached hydrogens (tertiary/aromatic N) is 1. The molecule has 6 nitrogen and oxygen atoms in total. The van der Waals surface area contributed by atoms with Gasteiger partial charge >= 0.3 is 0 Å². The van der Waals surface area contributed by atoms with E-state index in [4.69, 9.17) is 19.9 Å². The fourth-order valence-corrected chi connectivity index (χ4v) is 3.91. The fraction of sp³-hybridized carbons (Fsp3) is 0.588. The zero-order valence-electron chi connectivity index (χ0n) is 13.9. The Kier molecular flexibility index (Phi) is 4.35. The highest BCUT2D eigenvalue weighted by Gasteiger charge is 2.43. The molecule has 0 spiro atoms. The van der Waals surface area contributed by atoms with Gasteiger partial charge in [0.2, 0.25) is 5.75 Å². The van der Waals surface area contributed by atoms with Gasteiger partial charge in [-0.3, -0.25) is 4.79 Å². The molecule has 1 amide bonds. The Hall–Kier alpha value is -1.95. The van der Waals surface area contributed by atoms with E-state index in [-0.39, 0.29) is 11.9 Å². The van der Waals surface area contributed by atoms with Crippen LogP contribution < -0.4 is 19.9 Å². The lowest BCUT2D eigenvalue weighted by Gasteiger charge is -2.21. The summed E-state index contributed by atoms with van der Waals surface area (Å²) in [5, 5.41) is 0. The predicted molar refractivity (Wildman–Crippen MR) is 86.2 cm³/mol. The number of ether oxygens (including phenoxy) is 3. The maximum Gasteiger partial charge on any atom is 0.257 e. The van der Waals surface area contributed by atoms with Gasteiger partial charge in [-0.25, -0.2) is 0 Å². The molecule has 6 heteroatoms. The first kappa shape index (κ1) is 15.9. The number of likely N-dealkylation sites (tertiary alicyclic amines) is 1. The van der Waals surface area contributed by atoms with Crippen LogP contribution in [0.2, 0.25) is 0 Å². The predicted octanol–water partition coefficient (Wildman–Crippen LogP) is 1.52. The Labute approximate surface area is 136 Å². The van der Waals surface area contributed by atoms with Crippen LogP contribution in [-0.2, 0) is 0 Å². The molecule has 23 heavy (non-hydrogen) atoms. The summed E-state index contributed by atoms with van der Waals surface area (Å²) in [6.45, 7) is 1.50. The van der Waals surface area contributed by atoms with Gasteiger partial charge in [-0.1, -0.05) is 0 Å². The second-order valence-electron chi connectivity index (χ2n) is 6.26. The molecule has 2 fully saturated rings.